The van der Waals surface area contributed by atoms with Gasteiger partial charge in [0.25, 0.3) is 11.8 Å². The van der Waals surface area contributed by atoms with E-state index in [4.69, 9.17) is 0 Å². The van der Waals surface area contributed by atoms with Crippen LogP contribution in [-0.2, 0) is 6.18 Å². The number of para-hydroxylation sites is 1. The highest BCUT2D eigenvalue weighted by atomic mass is 19.4. The summed E-state index contributed by atoms with van der Waals surface area (Å²) in [5.74, 6) is -1.26. The molecule has 6 nitrogen and oxygen atoms in total. The number of amides is 2. The summed E-state index contributed by atoms with van der Waals surface area (Å²) in [5, 5.41) is 8.46. The molecule has 0 bridgehead atoms. The van der Waals surface area contributed by atoms with Crippen LogP contribution in [0, 0.1) is 0 Å². The van der Waals surface area contributed by atoms with Gasteiger partial charge in [0.2, 0.25) is 0 Å². The Morgan fingerprint density at radius 2 is 1.74 bits per heavy atom. The number of alkyl halides is 3. The minimum atomic E-state index is -4.74. The van der Waals surface area contributed by atoms with Crippen molar-refractivity contribution in [1.82, 2.24) is 15.6 Å². The molecule has 1 fully saturated rings. The second-order valence-corrected chi connectivity index (χ2v) is 7.28. The van der Waals surface area contributed by atoms with Gasteiger partial charge >= 0.3 is 6.18 Å². The molecule has 3 aromatic rings. The number of hydrogen-bond acceptors (Lipinski definition) is 4. The Kier molecular flexibility index (Phi) is 5.26. The van der Waals surface area contributed by atoms with Crippen molar-refractivity contribution in [3.63, 3.8) is 0 Å². The van der Waals surface area contributed by atoms with Crippen molar-refractivity contribution < 1.29 is 22.8 Å². The van der Waals surface area contributed by atoms with Gasteiger partial charge in [0.05, 0.1) is 27.9 Å². The van der Waals surface area contributed by atoms with E-state index in [0.717, 1.165) is 25.0 Å². The maximum Gasteiger partial charge on any atom is 0.417 e. The highest BCUT2D eigenvalue weighted by Gasteiger charge is 2.36. The number of halogens is 3. The van der Waals surface area contributed by atoms with Crippen LogP contribution in [0.5, 0.6) is 0 Å². The van der Waals surface area contributed by atoms with E-state index in [1.807, 2.05) is 6.07 Å². The maximum absolute atomic E-state index is 13.6. The summed E-state index contributed by atoms with van der Waals surface area (Å²) in [6.45, 7) is 0. The number of rotatable bonds is 5. The third-order valence-electron chi connectivity index (χ3n) is 4.98. The molecular formula is C22H19F3N4O2. The van der Waals surface area contributed by atoms with E-state index in [2.05, 4.69) is 20.9 Å². The predicted molar refractivity (Wildman–Crippen MR) is 110 cm³/mol. The normalized spacial score (nSPS) is 13.7. The lowest BCUT2D eigenvalue weighted by Crippen LogP contribution is -2.26. The molecule has 1 aliphatic carbocycles. The number of fused-ring (bicyclic) bond motifs is 1. The molecule has 0 radical (unpaired) electrons. The average Bonchev–Trinajstić information content (AvgIpc) is 3.56. The number of benzene rings is 2. The van der Waals surface area contributed by atoms with Crippen LogP contribution in [0.4, 0.5) is 24.5 Å². The molecule has 1 aliphatic rings. The number of aromatic nitrogens is 1. The summed E-state index contributed by atoms with van der Waals surface area (Å²) in [6, 6.07) is 11.0. The Morgan fingerprint density at radius 1 is 1.03 bits per heavy atom. The number of anilines is 2. The lowest BCUT2D eigenvalue weighted by Gasteiger charge is -2.18. The molecule has 9 heteroatoms. The van der Waals surface area contributed by atoms with Crippen LogP contribution in [0.25, 0.3) is 10.9 Å². The molecule has 2 aromatic carbocycles. The van der Waals surface area contributed by atoms with Gasteiger partial charge in [-0.3, -0.25) is 14.6 Å². The van der Waals surface area contributed by atoms with Crippen LogP contribution in [0.15, 0.2) is 48.7 Å². The topological polar surface area (TPSA) is 83.1 Å². The van der Waals surface area contributed by atoms with Gasteiger partial charge in [0.15, 0.2) is 0 Å². The summed E-state index contributed by atoms with van der Waals surface area (Å²) >= 11 is 0. The number of carbonyl (C=O) groups is 2. The van der Waals surface area contributed by atoms with Crippen molar-refractivity contribution in [2.24, 2.45) is 0 Å². The van der Waals surface area contributed by atoms with E-state index in [1.54, 1.807) is 24.3 Å². The predicted octanol–water partition coefficient (Wildman–Crippen LogP) is 4.25. The SMILES string of the molecule is CNC(=O)c1cc2c(Nc3ccccc3)c(C(=O)NC3CC3)cnc2cc1C(F)(F)F. The quantitative estimate of drug-likeness (QED) is 0.568. The molecule has 160 valence electrons. The summed E-state index contributed by atoms with van der Waals surface area (Å²) < 4.78 is 40.8. The van der Waals surface area contributed by atoms with Gasteiger partial charge in [-0.1, -0.05) is 18.2 Å². The molecule has 3 N–H and O–H groups in total. The van der Waals surface area contributed by atoms with Crippen molar-refractivity contribution in [2.75, 3.05) is 12.4 Å². The number of pyridine rings is 1. The lowest BCUT2D eigenvalue weighted by molar-refractivity contribution is -0.137. The van der Waals surface area contributed by atoms with E-state index >= 15 is 0 Å². The second kappa shape index (κ2) is 7.90. The minimum absolute atomic E-state index is 0.0152. The van der Waals surface area contributed by atoms with Crippen molar-refractivity contribution in [2.45, 2.75) is 25.1 Å². The van der Waals surface area contributed by atoms with Crippen LogP contribution in [0.2, 0.25) is 0 Å². The second-order valence-electron chi connectivity index (χ2n) is 7.28. The third kappa shape index (κ3) is 4.30. The van der Waals surface area contributed by atoms with Gasteiger partial charge < -0.3 is 16.0 Å². The summed E-state index contributed by atoms with van der Waals surface area (Å²) in [5.41, 5.74) is -0.509. The van der Waals surface area contributed by atoms with Crippen LogP contribution >= 0.6 is 0 Å². The van der Waals surface area contributed by atoms with E-state index < -0.39 is 23.2 Å². The van der Waals surface area contributed by atoms with Gasteiger partial charge in [0.1, 0.15) is 0 Å². The molecule has 1 heterocycles. The number of hydrogen-bond donors (Lipinski definition) is 3. The van der Waals surface area contributed by atoms with Gasteiger partial charge in [-0.2, -0.15) is 13.2 Å². The summed E-state index contributed by atoms with van der Waals surface area (Å²) in [4.78, 5) is 29.1. The zero-order valence-corrected chi connectivity index (χ0v) is 16.5. The smallest absolute Gasteiger partial charge is 0.355 e. The molecule has 1 saturated carbocycles. The van der Waals surface area contributed by atoms with Crippen molar-refractivity contribution in [1.29, 1.82) is 0 Å². The Bertz CT molecular complexity index is 1160. The Morgan fingerprint density at radius 3 is 2.35 bits per heavy atom. The standard InChI is InChI=1S/C22H19F3N4O2/c1-26-20(30)14-9-15-18(10-17(14)22(23,24)25)27-11-16(21(31)29-13-7-8-13)19(15)28-12-5-3-2-4-6-12/h2-6,9-11,13H,7-8H2,1H3,(H,26,30)(H,27,28)(H,29,31). The first-order chi connectivity index (χ1) is 14.8. The van der Waals surface area contributed by atoms with Crippen LogP contribution in [-0.4, -0.2) is 29.9 Å². The minimum Gasteiger partial charge on any atom is -0.355 e. The number of nitrogens with zero attached hydrogens (tertiary/aromatic N) is 1. The molecule has 0 saturated heterocycles. The summed E-state index contributed by atoms with van der Waals surface area (Å²) in [6.07, 6.45) is -1.73. The van der Waals surface area contributed by atoms with Gasteiger partial charge in [-0.05, 0) is 37.1 Å². The van der Waals surface area contributed by atoms with Gasteiger partial charge in [-0.15, -0.1) is 0 Å². The first-order valence-corrected chi connectivity index (χ1v) is 9.67. The van der Waals surface area contributed by atoms with E-state index in [1.165, 1.54) is 13.2 Å². The Labute approximate surface area is 175 Å². The highest BCUT2D eigenvalue weighted by molar-refractivity contribution is 6.10. The first-order valence-electron chi connectivity index (χ1n) is 9.67. The maximum atomic E-state index is 13.6. The molecular weight excluding hydrogens is 409 g/mol. The Hall–Kier alpha value is -3.62. The Balaban J connectivity index is 1.94. The van der Waals surface area contributed by atoms with Gasteiger partial charge in [-0.25, -0.2) is 0 Å². The van der Waals surface area contributed by atoms with E-state index in [0.29, 0.717) is 5.69 Å². The highest BCUT2D eigenvalue weighted by Crippen LogP contribution is 2.37. The largest absolute Gasteiger partial charge is 0.417 e. The lowest BCUT2D eigenvalue weighted by atomic mass is 9.99. The monoisotopic (exact) mass is 428 g/mol. The van der Waals surface area contributed by atoms with Crippen LogP contribution in [0.3, 0.4) is 0 Å². The van der Waals surface area contributed by atoms with E-state index in [-0.39, 0.29) is 34.1 Å². The first kappa shape index (κ1) is 20.6. The molecule has 2 amide bonds. The molecule has 1 aromatic heterocycles. The molecule has 0 aliphatic heterocycles. The van der Waals surface area contributed by atoms with Crippen LogP contribution < -0.4 is 16.0 Å². The van der Waals surface area contributed by atoms with Gasteiger partial charge in [0, 0.05) is 30.4 Å². The zero-order chi connectivity index (χ0) is 22.2. The molecule has 0 unspecified atom stereocenters. The number of carbonyl (C=O) groups excluding carboxylic acids is 2. The summed E-state index contributed by atoms with van der Waals surface area (Å²) in [7, 11) is 1.26. The molecule has 31 heavy (non-hydrogen) atoms. The fourth-order valence-electron chi connectivity index (χ4n) is 3.26. The molecule has 0 spiro atoms. The zero-order valence-electron chi connectivity index (χ0n) is 16.5. The molecule has 4 rings (SSSR count). The molecule has 0 atom stereocenters. The third-order valence-corrected chi connectivity index (χ3v) is 4.98. The average molecular weight is 428 g/mol. The van der Waals surface area contributed by atoms with E-state index in [9.17, 15) is 22.8 Å². The van der Waals surface area contributed by atoms with Crippen molar-refractivity contribution in [3.05, 3.63) is 65.4 Å². The van der Waals surface area contributed by atoms with Crippen molar-refractivity contribution >= 4 is 34.1 Å². The fraction of sp³-hybridized carbons (Fsp3) is 0.227. The fourth-order valence-corrected chi connectivity index (χ4v) is 3.26. The van der Waals surface area contributed by atoms with Crippen molar-refractivity contribution in [3.8, 4) is 0 Å². The van der Waals surface area contributed by atoms with Crippen LogP contribution in [0.1, 0.15) is 39.1 Å². The number of nitrogens with one attached hydrogen (secondary N) is 3.